The third kappa shape index (κ3) is 4.65. The van der Waals surface area contributed by atoms with Crippen molar-refractivity contribution in [3.05, 3.63) is 100 Å². The van der Waals surface area contributed by atoms with Gasteiger partial charge in [-0.25, -0.2) is 14.6 Å². The number of nitrogens with zero attached hydrogens (tertiary/aromatic N) is 1. The first-order valence-corrected chi connectivity index (χ1v) is 9.65. The average molecular weight is 434 g/mol. The molecule has 0 radical (unpaired) electrons. The van der Waals surface area contributed by atoms with E-state index in [0.29, 0.717) is 27.5 Å². The molecule has 0 saturated carbocycles. The number of carbonyl (C=O) groups excluding carboxylic acids is 2. The van der Waals surface area contributed by atoms with Crippen LogP contribution in [-0.2, 0) is 9.53 Å². The first-order chi connectivity index (χ1) is 15.0. The second kappa shape index (κ2) is 8.85. The highest BCUT2D eigenvalue weighted by Gasteiger charge is 2.25. The van der Waals surface area contributed by atoms with Crippen LogP contribution in [0.25, 0.3) is 6.08 Å². The number of methoxy groups -OCH3 is 1. The van der Waals surface area contributed by atoms with E-state index in [2.05, 4.69) is 4.99 Å². The van der Waals surface area contributed by atoms with Crippen molar-refractivity contribution in [1.82, 2.24) is 0 Å². The largest absolute Gasteiger partial charge is 0.497 e. The molecule has 0 aromatic heterocycles. The van der Waals surface area contributed by atoms with Crippen molar-refractivity contribution in [3.63, 3.8) is 0 Å². The summed E-state index contributed by atoms with van der Waals surface area (Å²) in [5.74, 6) is -0.0690. The lowest BCUT2D eigenvalue weighted by molar-refractivity contribution is -0.129. The number of cyclic esters (lactones) is 1. The van der Waals surface area contributed by atoms with Gasteiger partial charge in [-0.3, -0.25) is 0 Å². The molecular formula is C24H16ClNO5. The summed E-state index contributed by atoms with van der Waals surface area (Å²) in [5.41, 5.74) is 1.56. The van der Waals surface area contributed by atoms with Crippen LogP contribution in [-0.4, -0.2) is 24.9 Å². The fourth-order valence-corrected chi connectivity index (χ4v) is 3.00. The van der Waals surface area contributed by atoms with Gasteiger partial charge in [0.15, 0.2) is 5.70 Å². The van der Waals surface area contributed by atoms with E-state index in [9.17, 15) is 9.59 Å². The number of benzene rings is 3. The van der Waals surface area contributed by atoms with Gasteiger partial charge in [0.2, 0.25) is 5.90 Å². The van der Waals surface area contributed by atoms with Crippen LogP contribution < -0.4 is 9.47 Å². The molecule has 0 aliphatic carbocycles. The first kappa shape index (κ1) is 20.4. The number of ether oxygens (including phenoxy) is 3. The highest BCUT2D eigenvalue weighted by molar-refractivity contribution is 6.30. The predicted molar refractivity (Wildman–Crippen MR) is 116 cm³/mol. The number of carbonyl (C=O) groups is 2. The molecule has 7 heteroatoms. The number of halogens is 1. The molecule has 6 nitrogen and oxygen atoms in total. The molecule has 0 saturated heterocycles. The summed E-state index contributed by atoms with van der Waals surface area (Å²) in [4.78, 5) is 29.1. The molecule has 3 aromatic rings. The van der Waals surface area contributed by atoms with Gasteiger partial charge in [-0.1, -0.05) is 35.9 Å². The maximum Gasteiger partial charge on any atom is 0.363 e. The molecule has 31 heavy (non-hydrogen) atoms. The second-order valence-electron chi connectivity index (χ2n) is 6.50. The lowest BCUT2D eigenvalue weighted by Crippen LogP contribution is -2.09. The molecule has 0 amide bonds. The lowest BCUT2D eigenvalue weighted by atomic mass is 10.1. The van der Waals surface area contributed by atoms with Crippen molar-refractivity contribution in [1.29, 1.82) is 0 Å². The summed E-state index contributed by atoms with van der Waals surface area (Å²) < 4.78 is 16.0. The maximum absolute atomic E-state index is 12.5. The molecular weight excluding hydrogens is 418 g/mol. The molecule has 154 valence electrons. The number of hydrogen-bond donors (Lipinski definition) is 0. The van der Waals surface area contributed by atoms with Gasteiger partial charge in [0.1, 0.15) is 11.5 Å². The molecule has 3 aromatic carbocycles. The number of esters is 2. The van der Waals surface area contributed by atoms with Crippen LogP contribution >= 0.6 is 11.6 Å². The Labute approximate surface area is 183 Å². The minimum Gasteiger partial charge on any atom is -0.497 e. The van der Waals surface area contributed by atoms with Crippen LogP contribution in [0.3, 0.4) is 0 Å². The van der Waals surface area contributed by atoms with Crippen LogP contribution in [0, 0.1) is 0 Å². The third-order valence-electron chi connectivity index (χ3n) is 4.43. The van der Waals surface area contributed by atoms with Crippen LogP contribution in [0.4, 0.5) is 0 Å². The van der Waals surface area contributed by atoms with Gasteiger partial charge in [-0.05, 0) is 54.6 Å². The van der Waals surface area contributed by atoms with Crippen LogP contribution in [0.2, 0.25) is 5.02 Å². The SMILES string of the molecule is COc1cccc(C2=N/C(=C\c3ccccc3OC(=O)c3ccc(Cl)cc3)C(=O)O2)c1. The Kier molecular flexibility index (Phi) is 5.82. The Morgan fingerprint density at radius 2 is 1.81 bits per heavy atom. The molecule has 1 aliphatic heterocycles. The monoisotopic (exact) mass is 433 g/mol. The predicted octanol–water partition coefficient (Wildman–Crippen LogP) is 4.91. The summed E-state index contributed by atoms with van der Waals surface area (Å²) in [6.07, 6.45) is 1.51. The minimum absolute atomic E-state index is 0.0906. The smallest absolute Gasteiger partial charge is 0.363 e. The average Bonchev–Trinajstić information content (AvgIpc) is 3.16. The van der Waals surface area contributed by atoms with E-state index in [-0.39, 0.29) is 17.3 Å². The molecule has 1 aliphatic rings. The van der Waals surface area contributed by atoms with Crippen molar-refractivity contribution < 1.29 is 23.8 Å². The summed E-state index contributed by atoms with van der Waals surface area (Å²) in [6.45, 7) is 0. The minimum atomic E-state index is -0.600. The Morgan fingerprint density at radius 1 is 1.03 bits per heavy atom. The van der Waals surface area contributed by atoms with E-state index in [1.54, 1.807) is 79.9 Å². The first-order valence-electron chi connectivity index (χ1n) is 9.27. The summed E-state index contributed by atoms with van der Waals surface area (Å²) in [6, 6.07) is 20.2. The van der Waals surface area contributed by atoms with Crippen molar-refractivity contribution >= 4 is 35.5 Å². The Balaban J connectivity index is 1.61. The van der Waals surface area contributed by atoms with E-state index in [0.717, 1.165) is 0 Å². The fraction of sp³-hybridized carbons (Fsp3) is 0.0417. The van der Waals surface area contributed by atoms with Gasteiger partial charge >= 0.3 is 11.9 Å². The quantitative estimate of drug-likeness (QED) is 0.324. The second-order valence-corrected chi connectivity index (χ2v) is 6.94. The summed E-state index contributed by atoms with van der Waals surface area (Å²) >= 11 is 5.86. The molecule has 0 N–H and O–H groups in total. The van der Waals surface area contributed by atoms with E-state index in [1.165, 1.54) is 6.08 Å². The van der Waals surface area contributed by atoms with E-state index >= 15 is 0 Å². The molecule has 0 atom stereocenters. The zero-order valence-electron chi connectivity index (χ0n) is 16.4. The van der Waals surface area contributed by atoms with Gasteiger partial charge in [-0.15, -0.1) is 0 Å². The van der Waals surface area contributed by atoms with E-state index < -0.39 is 11.9 Å². The van der Waals surface area contributed by atoms with Crippen molar-refractivity contribution in [2.45, 2.75) is 0 Å². The normalized spacial score (nSPS) is 14.2. The van der Waals surface area contributed by atoms with E-state index in [4.69, 9.17) is 25.8 Å². The van der Waals surface area contributed by atoms with Crippen molar-refractivity contribution in [2.75, 3.05) is 7.11 Å². The number of para-hydroxylation sites is 1. The van der Waals surface area contributed by atoms with Crippen molar-refractivity contribution in [2.24, 2.45) is 4.99 Å². The molecule has 4 rings (SSSR count). The van der Waals surface area contributed by atoms with Gasteiger partial charge in [0.25, 0.3) is 0 Å². The van der Waals surface area contributed by atoms with Gasteiger partial charge in [0.05, 0.1) is 12.7 Å². The Bertz CT molecular complexity index is 1210. The molecule has 0 bridgehead atoms. The standard InChI is InChI=1S/C24H16ClNO5/c1-29-19-7-4-6-17(13-19)22-26-20(24(28)31-22)14-16-5-2-3-8-21(16)30-23(27)15-9-11-18(25)12-10-15/h2-14H,1H3/b20-14-. The van der Waals surface area contributed by atoms with E-state index in [1.807, 2.05) is 0 Å². The lowest BCUT2D eigenvalue weighted by Gasteiger charge is -2.07. The van der Waals surface area contributed by atoms with Crippen molar-refractivity contribution in [3.8, 4) is 11.5 Å². The highest BCUT2D eigenvalue weighted by Crippen LogP contribution is 2.26. The van der Waals surface area contributed by atoms with Gasteiger partial charge < -0.3 is 14.2 Å². The maximum atomic E-state index is 12.5. The number of hydrogen-bond acceptors (Lipinski definition) is 6. The zero-order chi connectivity index (χ0) is 21.8. The molecule has 1 heterocycles. The van der Waals surface area contributed by atoms with Crippen LogP contribution in [0.1, 0.15) is 21.5 Å². The van der Waals surface area contributed by atoms with Crippen LogP contribution in [0.15, 0.2) is 83.5 Å². The van der Waals surface area contributed by atoms with Gasteiger partial charge in [-0.2, -0.15) is 0 Å². The molecule has 0 unspecified atom stereocenters. The topological polar surface area (TPSA) is 74.2 Å². The highest BCUT2D eigenvalue weighted by atomic mass is 35.5. The number of rotatable bonds is 5. The number of aliphatic imine (C=N–C) groups is 1. The Morgan fingerprint density at radius 3 is 2.58 bits per heavy atom. The zero-order valence-corrected chi connectivity index (χ0v) is 17.1. The Hall–Kier alpha value is -3.90. The summed E-state index contributed by atoms with van der Waals surface area (Å²) in [5, 5.41) is 0.520. The van der Waals surface area contributed by atoms with Gasteiger partial charge in [0, 0.05) is 16.1 Å². The third-order valence-corrected chi connectivity index (χ3v) is 4.68. The van der Waals surface area contributed by atoms with Crippen LogP contribution in [0.5, 0.6) is 11.5 Å². The molecule has 0 fully saturated rings. The fourth-order valence-electron chi connectivity index (χ4n) is 2.87. The summed E-state index contributed by atoms with van der Waals surface area (Å²) in [7, 11) is 1.55. The molecule has 0 spiro atoms.